The number of carbonyl (C=O) groups is 2. The first-order valence-corrected chi connectivity index (χ1v) is 7.76. The van der Waals surface area contributed by atoms with E-state index in [4.69, 9.17) is 14.6 Å². The van der Waals surface area contributed by atoms with Gasteiger partial charge in [-0.25, -0.2) is 0 Å². The second-order valence-corrected chi connectivity index (χ2v) is 5.79. The number of hydrogen-bond donors (Lipinski definition) is 2. The van der Waals surface area contributed by atoms with Crippen molar-refractivity contribution in [1.82, 2.24) is 5.32 Å². The standard InChI is InChI=1S/C17H23NO5/c1-22-14-7-6-13(15(9-14)23-2)10-18-16(19)11-4-3-5-12(8-11)17(20)21/h6-7,9,11-12H,3-5,8,10H2,1-2H3,(H,18,19)(H,20,21). The Labute approximate surface area is 135 Å². The zero-order valence-corrected chi connectivity index (χ0v) is 13.5. The van der Waals surface area contributed by atoms with Gasteiger partial charge in [-0.1, -0.05) is 6.42 Å². The van der Waals surface area contributed by atoms with Gasteiger partial charge in [0.1, 0.15) is 11.5 Å². The molecule has 23 heavy (non-hydrogen) atoms. The number of nitrogens with one attached hydrogen (secondary N) is 1. The van der Waals surface area contributed by atoms with Crippen molar-refractivity contribution < 1.29 is 24.2 Å². The number of amides is 1. The summed E-state index contributed by atoms with van der Waals surface area (Å²) in [7, 11) is 3.15. The highest BCUT2D eigenvalue weighted by molar-refractivity contribution is 5.80. The highest BCUT2D eigenvalue weighted by Crippen LogP contribution is 2.30. The molecule has 1 aromatic carbocycles. The molecule has 2 atom stereocenters. The fourth-order valence-corrected chi connectivity index (χ4v) is 2.98. The average molecular weight is 321 g/mol. The molecule has 0 aromatic heterocycles. The average Bonchev–Trinajstić information content (AvgIpc) is 2.59. The van der Waals surface area contributed by atoms with Gasteiger partial charge in [0.15, 0.2) is 0 Å². The van der Waals surface area contributed by atoms with E-state index in [0.29, 0.717) is 30.9 Å². The molecule has 0 radical (unpaired) electrons. The van der Waals surface area contributed by atoms with Gasteiger partial charge in [0, 0.05) is 24.1 Å². The second-order valence-electron chi connectivity index (χ2n) is 5.79. The molecular formula is C17H23NO5. The number of ether oxygens (including phenoxy) is 2. The van der Waals surface area contributed by atoms with Gasteiger partial charge in [-0.3, -0.25) is 9.59 Å². The van der Waals surface area contributed by atoms with Gasteiger partial charge < -0.3 is 19.9 Å². The van der Waals surface area contributed by atoms with E-state index in [1.54, 1.807) is 20.3 Å². The Bertz CT molecular complexity index is 572. The van der Waals surface area contributed by atoms with Gasteiger partial charge in [0.2, 0.25) is 5.91 Å². The third-order valence-electron chi connectivity index (χ3n) is 4.34. The molecule has 2 N–H and O–H groups in total. The van der Waals surface area contributed by atoms with Crippen molar-refractivity contribution in [2.45, 2.75) is 32.2 Å². The Morgan fingerprint density at radius 2 is 1.96 bits per heavy atom. The molecule has 126 valence electrons. The Morgan fingerprint density at radius 3 is 2.61 bits per heavy atom. The van der Waals surface area contributed by atoms with Crippen LogP contribution in [0.3, 0.4) is 0 Å². The van der Waals surface area contributed by atoms with Gasteiger partial charge in [-0.05, 0) is 31.4 Å². The minimum atomic E-state index is -0.806. The van der Waals surface area contributed by atoms with E-state index in [2.05, 4.69) is 5.32 Å². The zero-order chi connectivity index (χ0) is 16.8. The molecule has 1 amide bonds. The van der Waals surface area contributed by atoms with Crippen LogP contribution in [-0.4, -0.2) is 31.2 Å². The molecule has 1 aliphatic carbocycles. The van der Waals surface area contributed by atoms with E-state index in [9.17, 15) is 9.59 Å². The van der Waals surface area contributed by atoms with Crippen LogP contribution in [0, 0.1) is 11.8 Å². The lowest BCUT2D eigenvalue weighted by Crippen LogP contribution is -2.35. The lowest BCUT2D eigenvalue weighted by atomic mass is 9.81. The molecule has 0 aliphatic heterocycles. The van der Waals surface area contributed by atoms with Crippen molar-refractivity contribution in [2.24, 2.45) is 11.8 Å². The van der Waals surface area contributed by atoms with Crippen LogP contribution >= 0.6 is 0 Å². The SMILES string of the molecule is COc1ccc(CNC(=O)C2CCCC(C(=O)O)C2)c(OC)c1. The minimum Gasteiger partial charge on any atom is -0.497 e. The van der Waals surface area contributed by atoms with Crippen molar-refractivity contribution in [3.8, 4) is 11.5 Å². The minimum absolute atomic E-state index is 0.0891. The Morgan fingerprint density at radius 1 is 1.22 bits per heavy atom. The molecule has 6 nitrogen and oxygen atoms in total. The Hall–Kier alpha value is -2.24. The first-order chi connectivity index (χ1) is 11.0. The summed E-state index contributed by atoms with van der Waals surface area (Å²) >= 11 is 0. The molecule has 1 fully saturated rings. The number of hydrogen-bond acceptors (Lipinski definition) is 4. The number of carboxylic acids is 1. The monoisotopic (exact) mass is 321 g/mol. The summed E-state index contributed by atoms with van der Waals surface area (Å²) in [6.07, 6.45) is 2.60. The number of rotatable bonds is 6. The molecule has 0 heterocycles. The fourth-order valence-electron chi connectivity index (χ4n) is 2.98. The summed E-state index contributed by atoms with van der Waals surface area (Å²) in [5.74, 6) is -0.192. The Balaban J connectivity index is 1.95. The van der Waals surface area contributed by atoms with Crippen LogP contribution in [0.1, 0.15) is 31.2 Å². The van der Waals surface area contributed by atoms with E-state index < -0.39 is 11.9 Å². The van der Waals surface area contributed by atoms with Crippen LogP contribution in [0.15, 0.2) is 18.2 Å². The van der Waals surface area contributed by atoms with Gasteiger partial charge in [0.05, 0.1) is 20.1 Å². The van der Waals surface area contributed by atoms with E-state index in [-0.39, 0.29) is 11.8 Å². The smallest absolute Gasteiger partial charge is 0.306 e. The number of aliphatic carboxylic acids is 1. The van der Waals surface area contributed by atoms with Crippen LogP contribution in [0.5, 0.6) is 11.5 Å². The molecule has 2 rings (SSSR count). The molecular weight excluding hydrogens is 298 g/mol. The highest BCUT2D eigenvalue weighted by Gasteiger charge is 2.30. The molecule has 0 saturated heterocycles. The number of carboxylic acid groups (broad SMARTS) is 1. The van der Waals surface area contributed by atoms with Crippen LogP contribution in [0.4, 0.5) is 0 Å². The Kier molecular flexibility index (Phi) is 5.84. The summed E-state index contributed by atoms with van der Waals surface area (Å²) < 4.78 is 10.4. The summed E-state index contributed by atoms with van der Waals surface area (Å²) in [5, 5.41) is 12.0. The van der Waals surface area contributed by atoms with Crippen molar-refractivity contribution in [2.75, 3.05) is 14.2 Å². The van der Waals surface area contributed by atoms with Gasteiger partial charge in [-0.15, -0.1) is 0 Å². The summed E-state index contributed by atoms with van der Waals surface area (Å²) in [6, 6.07) is 5.42. The zero-order valence-electron chi connectivity index (χ0n) is 13.5. The van der Waals surface area contributed by atoms with Crippen molar-refractivity contribution in [1.29, 1.82) is 0 Å². The highest BCUT2D eigenvalue weighted by atomic mass is 16.5. The topological polar surface area (TPSA) is 84.9 Å². The van der Waals surface area contributed by atoms with Crippen LogP contribution in [0.25, 0.3) is 0 Å². The molecule has 1 saturated carbocycles. The van der Waals surface area contributed by atoms with Crippen molar-refractivity contribution in [3.05, 3.63) is 23.8 Å². The molecule has 0 spiro atoms. The number of methoxy groups -OCH3 is 2. The van der Waals surface area contributed by atoms with Crippen molar-refractivity contribution >= 4 is 11.9 Å². The molecule has 6 heteroatoms. The van der Waals surface area contributed by atoms with E-state index in [1.807, 2.05) is 12.1 Å². The van der Waals surface area contributed by atoms with Gasteiger partial charge in [0.25, 0.3) is 0 Å². The first-order valence-electron chi connectivity index (χ1n) is 7.76. The van der Waals surface area contributed by atoms with Gasteiger partial charge >= 0.3 is 5.97 Å². The lowest BCUT2D eigenvalue weighted by Gasteiger charge is -2.25. The lowest BCUT2D eigenvalue weighted by molar-refractivity contribution is -0.144. The fraction of sp³-hybridized carbons (Fsp3) is 0.529. The number of carbonyl (C=O) groups excluding carboxylic acids is 1. The predicted molar refractivity (Wildman–Crippen MR) is 84.5 cm³/mol. The maximum absolute atomic E-state index is 12.3. The summed E-state index contributed by atoms with van der Waals surface area (Å²) in [5.41, 5.74) is 0.854. The van der Waals surface area contributed by atoms with Gasteiger partial charge in [-0.2, -0.15) is 0 Å². The van der Waals surface area contributed by atoms with Crippen molar-refractivity contribution in [3.63, 3.8) is 0 Å². The van der Waals surface area contributed by atoms with Crippen LogP contribution < -0.4 is 14.8 Å². The maximum Gasteiger partial charge on any atom is 0.306 e. The third-order valence-corrected chi connectivity index (χ3v) is 4.34. The molecule has 1 aromatic rings. The van der Waals surface area contributed by atoms with E-state index in [1.165, 1.54) is 0 Å². The molecule has 0 bridgehead atoms. The largest absolute Gasteiger partial charge is 0.497 e. The van der Waals surface area contributed by atoms with E-state index in [0.717, 1.165) is 18.4 Å². The van der Waals surface area contributed by atoms with Crippen LogP contribution in [-0.2, 0) is 16.1 Å². The summed E-state index contributed by atoms with van der Waals surface area (Å²) in [6.45, 7) is 0.347. The second kappa shape index (κ2) is 7.85. The maximum atomic E-state index is 12.3. The summed E-state index contributed by atoms with van der Waals surface area (Å²) in [4.78, 5) is 23.4. The van der Waals surface area contributed by atoms with Crippen LogP contribution in [0.2, 0.25) is 0 Å². The number of benzene rings is 1. The quantitative estimate of drug-likeness (QED) is 0.839. The normalized spacial score (nSPS) is 20.6. The molecule has 2 unspecified atom stereocenters. The predicted octanol–water partition coefficient (Wildman–Crippen LogP) is 2.21. The van der Waals surface area contributed by atoms with E-state index >= 15 is 0 Å². The third kappa shape index (κ3) is 4.37. The first kappa shape index (κ1) is 17.1. The molecule has 1 aliphatic rings.